The lowest BCUT2D eigenvalue weighted by molar-refractivity contribution is -0.159. The van der Waals surface area contributed by atoms with E-state index in [0.717, 1.165) is 11.3 Å². The van der Waals surface area contributed by atoms with Crippen molar-refractivity contribution >= 4 is 11.9 Å². The molecule has 1 amide bonds. The molecule has 0 unspecified atom stereocenters. The van der Waals surface area contributed by atoms with E-state index in [9.17, 15) is 14.7 Å². The average Bonchev–Trinajstić information content (AvgIpc) is 2.63. The maximum Gasteiger partial charge on any atom is 0.348 e. The maximum absolute atomic E-state index is 12.6. The second-order valence-corrected chi connectivity index (χ2v) is 6.62. The minimum Gasteiger partial charge on any atom is -0.478 e. The molecule has 6 nitrogen and oxygen atoms in total. The largest absolute Gasteiger partial charge is 0.478 e. The number of carboxylic acids is 1. The fourth-order valence-electron chi connectivity index (χ4n) is 3.14. The summed E-state index contributed by atoms with van der Waals surface area (Å²) in [6.07, 6.45) is 0.461. The first-order valence-corrected chi connectivity index (χ1v) is 8.62. The zero-order valence-electron chi connectivity index (χ0n) is 14.9. The number of aliphatic carboxylic acids is 1. The number of pyridine rings is 1. The van der Waals surface area contributed by atoms with Crippen molar-refractivity contribution in [1.82, 2.24) is 9.88 Å². The zero-order valence-corrected chi connectivity index (χ0v) is 14.9. The SMILES string of the molecule is Cc1cccc(C(=O)N2CCC(Oc3ccccc3C)(C(=O)O)CC2)n1. The molecule has 1 aliphatic heterocycles. The first-order chi connectivity index (χ1) is 12.4. The average molecular weight is 354 g/mol. The summed E-state index contributed by atoms with van der Waals surface area (Å²) < 4.78 is 5.93. The Bertz CT molecular complexity index is 826. The number of carboxylic acid groups (broad SMARTS) is 1. The van der Waals surface area contributed by atoms with Gasteiger partial charge in [-0.1, -0.05) is 24.3 Å². The van der Waals surface area contributed by atoms with Crippen LogP contribution in [0.2, 0.25) is 0 Å². The van der Waals surface area contributed by atoms with Gasteiger partial charge in [-0.25, -0.2) is 9.78 Å². The summed E-state index contributed by atoms with van der Waals surface area (Å²) in [6.45, 7) is 4.34. The minimum absolute atomic E-state index is 0.177. The Labute approximate surface area is 152 Å². The van der Waals surface area contributed by atoms with E-state index in [1.165, 1.54) is 0 Å². The smallest absolute Gasteiger partial charge is 0.348 e. The van der Waals surface area contributed by atoms with Gasteiger partial charge in [0.2, 0.25) is 5.60 Å². The fourth-order valence-corrected chi connectivity index (χ4v) is 3.14. The van der Waals surface area contributed by atoms with Crippen LogP contribution in [-0.4, -0.2) is 45.6 Å². The van der Waals surface area contributed by atoms with Crippen LogP contribution in [0.5, 0.6) is 5.75 Å². The summed E-state index contributed by atoms with van der Waals surface area (Å²) in [5, 5.41) is 9.78. The van der Waals surface area contributed by atoms with E-state index in [2.05, 4.69) is 4.98 Å². The quantitative estimate of drug-likeness (QED) is 0.913. The number of hydrogen-bond acceptors (Lipinski definition) is 4. The van der Waals surface area contributed by atoms with E-state index in [4.69, 9.17) is 4.74 Å². The molecule has 0 radical (unpaired) electrons. The summed E-state index contributed by atoms with van der Waals surface area (Å²) >= 11 is 0. The zero-order chi connectivity index (χ0) is 18.7. The normalized spacial score (nSPS) is 16.2. The molecule has 1 fully saturated rings. The summed E-state index contributed by atoms with van der Waals surface area (Å²) in [4.78, 5) is 30.5. The molecule has 2 heterocycles. The van der Waals surface area contributed by atoms with Gasteiger partial charge in [-0.2, -0.15) is 0 Å². The number of carbonyl (C=O) groups excluding carboxylic acids is 1. The number of benzene rings is 1. The third-order valence-electron chi connectivity index (χ3n) is 4.75. The molecule has 26 heavy (non-hydrogen) atoms. The molecule has 0 spiro atoms. The number of carbonyl (C=O) groups is 2. The number of rotatable bonds is 4. The molecule has 2 aromatic rings. The summed E-state index contributed by atoms with van der Waals surface area (Å²) in [5.74, 6) is -0.611. The Morgan fingerprint density at radius 3 is 2.38 bits per heavy atom. The molecule has 3 rings (SSSR count). The van der Waals surface area contributed by atoms with Gasteiger partial charge in [0.15, 0.2) is 0 Å². The Morgan fingerprint density at radius 2 is 1.77 bits per heavy atom. The van der Waals surface area contributed by atoms with Gasteiger partial charge in [-0.05, 0) is 37.6 Å². The maximum atomic E-state index is 12.6. The highest BCUT2D eigenvalue weighted by molar-refractivity contribution is 5.92. The van der Waals surface area contributed by atoms with Crippen molar-refractivity contribution in [1.29, 1.82) is 0 Å². The highest BCUT2D eigenvalue weighted by atomic mass is 16.5. The molecule has 0 atom stereocenters. The van der Waals surface area contributed by atoms with Crippen molar-refractivity contribution in [2.45, 2.75) is 32.3 Å². The number of aromatic nitrogens is 1. The molecule has 0 saturated carbocycles. The Balaban J connectivity index is 1.74. The van der Waals surface area contributed by atoms with E-state index in [1.54, 1.807) is 23.1 Å². The molecule has 0 bridgehead atoms. The number of ether oxygens (including phenoxy) is 1. The summed E-state index contributed by atoms with van der Waals surface area (Å²) in [6, 6.07) is 12.7. The number of para-hydroxylation sites is 1. The lowest BCUT2D eigenvalue weighted by atomic mass is 9.90. The van der Waals surface area contributed by atoms with E-state index in [0.29, 0.717) is 24.5 Å². The predicted octanol–water partition coefficient (Wildman–Crippen LogP) is 2.84. The van der Waals surface area contributed by atoms with Crippen molar-refractivity contribution in [2.24, 2.45) is 0 Å². The van der Waals surface area contributed by atoms with Crippen LogP contribution >= 0.6 is 0 Å². The molecule has 1 aromatic heterocycles. The molecule has 1 aromatic carbocycles. The fraction of sp³-hybridized carbons (Fsp3) is 0.350. The van der Waals surface area contributed by atoms with Crippen molar-refractivity contribution in [3.63, 3.8) is 0 Å². The van der Waals surface area contributed by atoms with Crippen molar-refractivity contribution in [2.75, 3.05) is 13.1 Å². The molecule has 1 N–H and O–H groups in total. The van der Waals surface area contributed by atoms with E-state index < -0.39 is 11.6 Å². The van der Waals surface area contributed by atoms with Crippen LogP contribution < -0.4 is 4.74 Å². The number of likely N-dealkylation sites (tertiary alicyclic amines) is 1. The number of aryl methyl sites for hydroxylation is 2. The van der Waals surface area contributed by atoms with Crippen LogP contribution in [0, 0.1) is 13.8 Å². The predicted molar refractivity (Wildman–Crippen MR) is 96.3 cm³/mol. The molecule has 0 aliphatic carbocycles. The summed E-state index contributed by atoms with van der Waals surface area (Å²) in [7, 11) is 0. The second kappa shape index (κ2) is 7.15. The Hall–Kier alpha value is -2.89. The van der Waals surface area contributed by atoms with Crippen molar-refractivity contribution < 1.29 is 19.4 Å². The van der Waals surface area contributed by atoms with E-state index >= 15 is 0 Å². The molecule has 1 saturated heterocycles. The third-order valence-corrected chi connectivity index (χ3v) is 4.75. The van der Waals surface area contributed by atoms with Gasteiger partial charge in [-0.15, -0.1) is 0 Å². The molecule has 136 valence electrons. The van der Waals surface area contributed by atoms with Gasteiger partial charge in [0.25, 0.3) is 5.91 Å². The second-order valence-electron chi connectivity index (χ2n) is 6.62. The van der Waals surface area contributed by atoms with Gasteiger partial charge >= 0.3 is 5.97 Å². The van der Waals surface area contributed by atoms with Gasteiger partial charge in [0.1, 0.15) is 11.4 Å². The first kappa shape index (κ1) is 17.9. The van der Waals surface area contributed by atoms with Crippen LogP contribution in [0.1, 0.15) is 34.6 Å². The van der Waals surface area contributed by atoms with Crippen LogP contribution in [-0.2, 0) is 4.79 Å². The Kier molecular flexibility index (Phi) is 4.93. The summed E-state index contributed by atoms with van der Waals surface area (Å²) in [5.41, 5.74) is 0.724. The monoisotopic (exact) mass is 354 g/mol. The highest BCUT2D eigenvalue weighted by Gasteiger charge is 2.45. The van der Waals surface area contributed by atoms with Crippen molar-refractivity contribution in [3.05, 3.63) is 59.4 Å². The lowest BCUT2D eigenvalue weighted by Gasteiger charge is -2.39. The molecule has 6 heteroatoms. The highest BCUT2D eigenvalue weighted by Crippen LogP contribution is 2.31. The van der Waals surface area contributed by atoms with Gasteiger partial charge in [-0.3, -0.25) is 4.79 Å². The van der Waals surface area contributed by atoms with Crippen LogP contribution in [0.25, 0.3) is 0 Å². The number of amides is 1. The van der Waals surface area contributed by atoms with E-state index in [-0.39, 0.29) is 18.7 Å². The van der Waals surface area contributed by atoms with Crippen LogP contribution in [0.4, 0.5) is 0 Å². The lowest BCUT2D eigenvalue weighted by Crippen LogP contribution is -2.54. The first-order valence-electron chi connectivity index (χ1n) is 8.62. The third kappa shape index (κ3) is 3.54. The number of nitrogens with zero attached hydrogens (tertiary/aromatic N) is 2. The molecular formula is C20H22N2O4. The Morgan fingerprint density at radius 1 is 1.08 bits per heavy atom. The number of piperidine rings is 1. The molecule has 1 aliphatic rings. The van der Waals surface area contributed by atoms with Gasteiger partial charge in [0.05, 0.1) is 0 Å². The van der Waals surface area contributed by atoms with Gasteiger partial charge < -0.3 is 14.7 Å². The number of hydrogen-bond donors (Lipinski definition) is 1. The topological polar surface area (TPSA) is 79.7 Å². The van der Waals surface area contributed by atoms with Crippen molar-refractivity contribution in [3.8, 4) is 5.75 Å². The van der Waals surface area contributed by atoms with Crippen LogP contribution in [0.15, 0.2) is 42.5 Å². The van der Waals surface area contributed by atoms with Crippen LogP contribution in [0.3, 0.4) is 0 Å². The van der Waals surface area contributed by atoms with E-state index in [1.807, 2.05) is 38.1 Å². The molecular weight excluding hydrogens is 332 g/mol. The standard InChI is InChI=1S/C20H22N2O4/c1-14-6-3-4-9-17(14)26-20(19(24)25)10-12-22(13-11-20)18(23)16-8-5-7-15(2)21-16/h3-9H,10-13H2,1-2H3,(H,24,25). The minimum atomic E-state index is -1.32. The van der Waals surface area contributed by atoms with Gasteiger partial charge in [0, 0.05) is 31.6 Å².